The molecule has 0 saturated heterocycles. The first-order valence-corrected chi connectivity index (χ1v) is 8.12. The lowest BCUT2D eigenvalue weighted by molar-refractivity contribution is -0.890. The summed E-state index contributed by atoms with van der Waals surface area (Å²) >= 11 is 0. The number of rotatable bonds is 9. The third-order valence-corrected chi connectivity index (χ3v) is 3.70. The van der Waals surface area contributed by atoms with Gasteiger partial charge in [0.1, 0.15) is 0 Å². The normalized spacial score (nSPS) is 12.4. The van der Waals surface area contributed by atoms with Gasteiger partial charge in [0.15, 0.2) is 0 Å². The predicted molar refractivity (Wildman–Crippen MR) is 93.8 cm³/mol. The largest absolute Gasteiger partial charge is 0.332 e. The maximum Gasteiger partial charge on any atom is 0.0960 e. The van der Waals surface area contributed by atoms with E-state index < -0.39 is 0 Å². The topological polar surface area (TPSA) is 4.44 Å². The van der Waals surface area contributed by atoms with Crippen LogP contribution in [0.4, 0.5) is 0 Å². The minimum absolute atomic E-state index is 1.01. The van der Waals surface area contributed by atoms with Gasteiger partial charge in [-0.2, -0.15) is 0 Å². The van der Waals surface area contributed by atoms with Crippen LogP contribution < -0.4 is 4.90 Å². The first kappa shape index (κ1) is 17.5. The van der Waals surface area contributed by atoms with Crippen molar-refractivity contribution in [1.29, 1.82) is 0 Å². The van der Waals surface area contributed by atoms with Crippen molar-refractivity contribution in [2.45, 2.75) is 33.6 Å². The molecule has 0 aliphatic heterocycles. The zero-order chi connectivity index (χ0) is 15.3. The zero-order valence-electron chi connectivity index (χ0n) is 13.8. The van der Waals surface area contributed by atoms with Crippen molar-refractivity contribution in [2.24, 2.45) is 0 Å². The Kier molecular flexibility index (Phi) is 9.23. The van der Waals surface area contributed by atoms with Gasteiger partial charge in [0.2, 0.25) is 0 Å². The van der Waals surface area contributed by atoms with Gasteiger partial charge in [-0.05, 0) is 45.3 Å². The third kappa shape index (κ3) is 8.31. The highest BCUT2D eigenvalue weighted by Crippen LogP contribution is 2.04. The van der Waals surface area contributed by atoms with Gasteiger partial charge in [-0.1, -0.05) is 60.2 Å². The Labute approximate surface area is 130 Å². The Morgan fingerprint density at radius 3 is 2.19 bits per heavy atom. The molecule has 0 aliphatic rings. The van der Waals surface area contributed by atoms with Crippen LogP contribution in [0.5, 0.6) is 0 Å². The number of hydrogen-bond donors (Lipinski definition) is 1. The molecule has 1 nitrogen and oxygen atoms in total. The summed E-state index contributed by atoms with van der Waals surface area (Å²) in [6, 6.07) is 8.75. The van der Waals surface area contributed by atoms with Gasteiger partial charge in [-0.15, -0.1) is 0 Å². The molecule has 0 atom stereocenters. The van der Waals surface area contributed by atoms with Gasteiger partial charge in [0.05, 0.1) is 19.6 Å². The van der Waals surface area contributed by atoms with E-state index in [0.717, 1.165) is 19.4 Å². The number of aryl methyl sites for hydroxylation is 1. The lowest BCUT2D eigenvalue weighted by Gasteiger charge is -2.11. The van der Waals surface area contributed by atoms with Crippen molar-refractivity contribution in [2.75, 3.05) is 19.6 Å². The second kappa shape index (κ2) is 11.1. The summed E-state index contributed by atoms with van der Waals surface area (Å²) in [5, 5.41) is 0. The Hall–Kier alpha value is -1.60. The molecule has 0 aromatic heterocycles. The molecule has 1 rings (SSSR count). The molecule has 0 fully saturated rings. The van der Waals surface area contributed by atoms with E-state index >= 15 is 0 Å². The molecule has 21 heavy (non-hydrogen) atoms. The Morgan fingerprint density at radius 2 is 1.52 bits per heavy atom. The van der Waals surface area contributed by atoms with Crippen LogP contribution in [0.3, 0.4) is 0 Å². The summed E-state index contributed by atoms with van der Waals surface area (Å²) < 4.78 is 0. The average Bonchev–Trinajstić information content (AvgIpc) is 2.51. The summed E-state index contributed by atoms with van der Waals surface area (Å²) in [6.07, 6.45) is 15.3. The van der Waals surface area contributed by atoms with E-state index in [9.17, 15) is 0 Å². The SMILES string of the molecule is CC[NH+](CC)C/C=C\C=C/C/C=C\Cc1ccc(C)cc1. The molecule has 1 aromatic carbocycles. The fraction of sp³-hybridized carbons (Fsp3) is 0.400. The third-order valence-electron chi connectivity index (χ3n) is 3.70. The number of allylic oxidation sites excluding steroid dienone is 5. The van der Waals surface area contributed by atoms with Crippen LogP contribution in [0, 0.1) is 6.92 Å². The van der Waals surface area contributed by atoms with Crippen LogP contribution in [-0.4, -0.2) is 19.6 Å². The second-order valence-electron chi connectivity index (χ2n) is 5.41. The first-order valence-electron chi connectivity index (χ1n) is 8.12. The van der Waals surface area contributed by atoms with Crippen LogP contribution in [0.2, 0.25) is 0 Å². The molecule has 0 aliphatic carbocycles. The van der Waals surface area contributed by atoms with Gasteiger partial charge >= 0.3 is 0 Å². The summed E-state index contributed by atoms with van der Waals surface area (Å²) in [6.45, 7) is 10.1. The Bertz CT molecular complexity index is 447. The van der Waals surface area contributed by atoms with Crippen molar-refractivity contribution >= 4 is 0 Å². The molecule has 0 unspecified atom stereocenters. The number of quaternary nitrogens is 1. The first-order chi connectivity index (χ1) is 10.3. The van der Waals surface area contributed by atoms with E-state index in [0.29, 0.717) is 0 Å². The van der Waals surface area contributed by atoms with E-state index in [-0.39, 0.29) is 0 Å². The molecule has 1 heteroatoms. The van der Waals surface area contributed by atoms with Crippen molar-refractivity contribution in [3.8, 4) is 0 Å². The number of hydrogen-bond acceptors (Lipinski definition) is 0. The molecule has 0 bridgehead atoms. The maximum absolute atomic E-state index is 2.26. The molecule has 0 spiro atoms. The Morgan fingerprint density at radius 1 is 0.857 bits per heavy atom. The molecule has 0 saturated carbocycles. The number of benzene rings is 1. The molecule has 0 heterocycles. The van der Waals surface area contributed by atoms with E-state index in [4.69, 9.17) is 0 Å². The van der Waals surface area contributed by atoms with Crippen molar-refractivity contribution in [3.63, 3.8) is 0 Å². The van der Waals surface area contributed by atoms with Crippen molar-refractivity contribution in [3.05, 3.63) is 71.8 Å². The zero-order valence-corrected chi connectivity index (χ0v) is 13.8. The predicted octanol–water partition coefficient (Wildman–Crippen LogP) is 3.52. The Balaban J connectivity index is 2.17. The highest BCUT2D eigenvalue weighted by Gasteiger charge is 1.95. The van der Waals surface area contributed by atoms with E-state index in [1.165, 1.54) is 24.2 Å². The van der Waals surface area contributed by atoms with Crippen LogP contribution in [0.1, 0.15) is 31.4 Å². The molecule has 0 amide bonds. The molecular formula is C20H30N+. The lowest BCUT2D eigenvalue weighted by Crippen LogP contribution is -3.11. The van der Waals surface area contributed by atoms with Crippen LogP contribution >= 0.6 is 0 Å². The smallest absolute Gasteiger partial charge is 0.0960 e. The van der Waals surface area contributed by atoms with E-state index in [1.807, 2.05) is 0 Å². The number of nitrogens with one attached hydrogen (secondary N) is 1. The molecule has 0 radical (unpaired) electrons. The average molecular weight is 284 g/mol. The van der Waals surface area contributed by atoms with Gasteiger partial charge in [-0.25, -0.2) is 0 Å². The molecule has 1 N–H and O–H groups in total. The van der Waals surface area contributed by atoms with Gasteiger partial charge in [0, 0.05) is 0 Å². The minimum atomic E-state index is 1.01. The minimum Gasteiger partial charge on any atom is -0.332 e. The summed E-state index contributed by atoms with van der Waals surface area (Å²) in [5.41, 5.74) is 2.70. The monoisotopic (exact) mass is 284 g/mol. The molecule has 114 valence electrons. The van der Waals surface area contributed by atoms with E-state index in [1.54, 1.807) is 4.90 Å². The van der Waals surface area contributed by atoms with Gasteiger partial charge in [0.25, 0.3) is 0 Å². The van der Waals surface area contributed by atoms with Crippen LogP contribution in [-0.2, 0) is 6.42 Å². The number of likely N-dealkylation sites (N-methyl/N-ethyl adjacent to an activating group) is 1. The van der Waals surface area contributed by atoms with E-state index in [2.05, 4.69) is 81.5 Å². The highest BCUT2D eigenvalue weighted by molar-refractivity contribution is 5.23. The lowest BCUT2D eigenvalue weighted by atomic mass is 10.1. The van der Waals surface area contributed by atoms with Gasteiger partial charge in [-0.3, -0.25) is 0 Å². The van der Waals surface area contributed by atoms with Gasteiger partial charge < -0.3 is 4.90 Å². The maximum atomic E-state index is 2.26. The van der Waals surface area contributed by atoms with Crippen molar-refractivity contribution in [1.82, 2.24) is 0 Å². The summed E-state index contributed by atoms with van der Waals surface area (Å²) in [5.74, 6) is 0. The fourth-order valence-electron chi connectivity index (χ4n) is 2.13. The summed E-state index contributed by atoms with van der Waals surface area (Å²) in [7, 11) is 0. The van der Waals surface area contributed by atoms with Crippen LogP contribution in [0.15, 0.2) is 60.7 Å². The van der Waals surface area contributed by atoms with Crippen LogP contribution in [0.25, 0.3) is 0 Å². The molecule has 1 aromatic rings. The summed E-state index contributed by atoms with van der Waals surface area (Å²) in [4.78, 5) is 1.62. The molecular weight excluding hydrogens is 254 g/mol. The standard InChI is InChI=1S/C20H29N/c1-4-21(5-2)18-12-10-8-6-7-9-11-13-20-16-14-19(3)15-17-20/h6,8-12,14-17H,4-5,7,13,18H2,1-3H3/p+1/b8-6-,11-9-,12-10-. The van der Waals surface area contributed by atoms with Crippen molar-refractivity contribution < 1.29 is 4.90 Å². The second-order valence-corrected chi connectivity index (χ2v) is 5.41. The highest BCUT2D eigenvalue weighted by atomic mass is 15.1. The fourth-order valence-corrected chi connectivity index (χ4v) is 2.13. The quantitative estimate of drug-likeness (QED) is 0.523.